The summed E-state index contributed by atoms with van der Waals surface area (Å²) in [6, 6.07) is 29.3. The van der Waals surface area contributed by atoms with Gasteiger partial charge in [-0.25, -0.2) is 0 Å². The molecule has 0 aliphatic rings. The van der Waals surface area contributed by atoms with Crippen LogP contribution in [0.15, 0.2) is 84.7 Å². The molecule has 0 heterocycles. The first-order valence-electron chi connectivity index (χ1n) is 12.5. The minimum atomic E-state index is -1.36. The molecule has 180 valence electrons. The van der Waals surface area contributed by atoms with Crippen molar-refractivity contribution in [3.8, 4) is 0 Å². The molecule has 0 fully saturated rings. The first-order chi connectivity index (χ1) is 15.9. The maximum atomic E-state index is 3.70. The Kier molecular flexibility index (Phi) is 9.03. The molecule has 3 rings (SSSR count). The van der Waals surface area contributed by atoms with E-state index in [0.29, 0.717) is 0 Å². The molecule has 2 heteroatoms. The summed E-state index contributed by atoms with van der Waals surface area (Å²) in [5, 5.41) is 0. The zero-order valence-corrected chi connectivity index (χ0v) is 24.5. The maximum absolute atomic E-state index is 3.70. The predicted octanol–water partition coefficient (Wildman–Crippen LogP) is 8.84. The van der Waals surface area contributed by atoms with Crippen LogP contribution in [0.5, 0.6) is 0 Å². The van der Waals surface area contributed by atoms with Crippen LogP contribution in [0, 0.1) is 0 Å². The number of benzene rings is 3. The van der Waals surface area contributed by atoms with Gasteiger partial charge in [0.1, 0.15) is 0 Å². The minimum absolute atomic E-state index is 0.203. The third kappa shape index (κ3) is 8.23. The van der Waals surface area contributed by atoms with E-state index in [2.05, 4.69) is 147 Å². The molecule has 0 spiro atoms. The predicted molar refractivity (Wildman–Crippen MR) is 156 cm³/mol. The van der Waals surface area contributed by atoms with Gasteiger partial charge in [-0.2, -0.15) is 0 Å². The van der Waals surface area contributed by atoms with Crippen LogP contribution in [0.2, 0.25) is 0 Å². The van der Waals surface area contributed by atoms with Gasteiger partial charge in [-0.05, 0) is 0 Å². The van der Waals surface area contributed by atoms with Crippen molar-refractivity contribution in [2.24, 2.45) is 0 Å². The standard InChI is InChI=1S/C32H41PSe/c1-31(2,3)29-16-12-27(13-17-29)21-24-33(34,23-20-26-10-8-7-9-11-26)25-22-28-14-18-30(19-15-28)32(4,5)6/h7-20,23H,21-22,24-25H2,1-6H3/b23-20-. The summed E-state index contributed by atoms with van der Waals surface area (Å²) in [6.07, 6.45) is 6.97. The van der Waals surface area contributed by atoms with Gasteiger partial charge < -0.3 is 0 Å². The van der Waals surface area contributed by atoms with Crippen LogP contribution in [0.3, 0.4) is 0 Å². The Hall–Kier alpha value is -1.65. The van der Waals surface area contributed by atoms with Crippen molar-refractivity contribution in [2.75, 3.05) is 12.3 Å². The number of hydrogen-bond acceptors (Lipinski definition) is 0. The van der Waals surface area contributed by atoms with Gasteiger partial charge in [-0.15, -0.1) is 0 Å². The van der Waals surface area contributed by atoms with Crippen molar-refractivity contribution in [3.63, 3.8) is 0 Å². The molecule has 0 nitrogen and oxygen atoms in total. The van der Waals surface area contributed by atoms with E-state index in [4.69, 9.17) is 0 Å². The van der Waals surface area contributed by atoms with Crippen LogP contribution >= 0.6 is 5.51 Å². The number of aryl methyl sites for hydroxylation is 2. The molecule has 34 heavy (non-hydrogen) atoms. The van der Waals surface area contributed by atoms with E-state index < -0.39 is 5.51 Å². The van der Waals surface area contributed by atoms with Crippen LogP contribution in [0.4, 0.5) is 0 Å². The van der Waals surface area contributed by atoms with Crippen molar-refractivity contribution in [1.82, 2.24) is 0 Å². The van der Waals surface area contributed by atoms with Gasteiger partial charge in [0.15, 0.2) is 0 Å². The molecule has 0 amide bonds. The normalized spacial score (nSPS) is 12.9. The van der Waals surface area contributed by atoms with Gasteiger partial charge in [0, 0.05) is 0 Å². The van der Waals surface area contributed by atoms with Crippen molar-refractivity contribution in [2.45, 2.75) is 65.2 Å². The average Bonchev–Trinajstić information content (AvgIpc) is 2.80. The molecule has 0 unspecified atom stereocenters. The second kappa shape index (κ2) is 11.4. The van der Waals surface area contributed by atoms with Gasteiger partial charge in [0.2, 0.25) is 0 Å². The third-order valence-electron chi connectivity index (χ3n) is 6.54. The topological polar surface area (TPSA) is 0 Å². The van der Waals surface area contributed by atoms with Crippen LogP contribution in [-0.4, -0.2) is 27.4 Å². The molecule has 0 radical (unpaired) electrons. The fraction of sp³-hybridized carbons (Fsp3) is 0.375. The van der Waals surface area contributed by atoms with E-state index in [0.717, 1.165) is 12.8 Å². The van der Waals surface area contributed by atoms with Gasteiger partial charge in [0.25, 0.3) is 0 Å². The average molecular weight is 536 g/mol. The zero-order valence-electron chi connectivity index (χ0n) is 21.8. The number of hydrogen-bond donors (Lipinski definition) is 0. The Morgan fingerprint density at radius 1 is 0.618 bits per heavy atom. The van der Waals surface area contributed by atoms with E-state index in [1.54, 1.807) is 0 Å². The fourth-order valence-corrected chi connectivity index (χ4v) is 7.80. The van der Waals surface area contributed by atoms with Crippen molar-refractivity contribution >= 4 is 26.7 Å². The summed E-state index contributed by atoms with van der Waals surface area (Å²) >= 11 is 3.70. The van der Waals surface area contributed by atoms with Crippen LogP contribution in [0.1, 0.15) is 69.4 Å². The molecule has 0 aliphatic carbocycles. The molecule has 0 N–H and O–H groups in total. The second-order valence-electron chi connectivity index (χ2n) is 11.5. The van der Waals surface area contributed by atoms with Gasteiger partial charge >= 0.3 is 217 Å². The van der Waals surface area contributed by atoms with E-state index in [1.807, 2.05) is 0 Å². The molecule has 0 bridgehead atoms. The Morgan fingerprint density at radius 2 is 1.03 bits per heavy atom. The molecule has 0 saturated carbocycles. The van der Waals surface area contributed by atoms with Gasteiger partial charge in [-0.3, -0.25) is 0 Å². The van der Waals surface area contributed by atoms with Gasteiger partial charge in [0.05, 0.1) is 0 Å². The Balaban J connectivity index is 1.74. The summed E-state index contributed by atoms with van der Waals surface area (Å²) in [5.41, 5.74) is 6.02. The third-order valence-corrected chi connectivity index (χ3v) is 12.3. The molecular formula is C32H41PSe. The van der Waals surface area contributed by atoms with E-state index in [1.165, 1.54) is 40.1 Å². The summed E-state index contributed by atoms with van der Waals surface area (Å²) in [6.45, 7) is 13.7. The molecule has 3 aromatic rings. The first kappa shape index (κ1) is 26.9. The summed E-state index contributed by atoms with van der Waals surface area (Å²) in [7, 11) is 0. The molecule has 0 aliphatic heterocycles. The summed E-state index contributed by atoms with van der Waals surface area (Å²) in [4.78, 5) is 0. The number of rotatable bonds is 8. The van der Waals surface area contributed by atoms with Crippen LogP contribution in [0.25, 0.3) is 6.08 Å². The summed E-state index contributed by atoms with van der Waals surface area (Å²) < 4.78 is 0. The van der Waals surface area contributed by atoms with E-state index in [9.17, 15) is 0 Å². The van der Waals surface area contributed by atoms with E-state index >= 15 is 0 Å². The van der Waals surface area contributed by atoms with Crippen molar-refractivity contribution in [3.05, 3.63) is 112 Å². The first-order valence-corrected chi connectivity index (χ1v) is 16.9. The zero-order chi connectivity index (χ0) is 24.8. The molecule has 0 aromatic heterocycles. The Bertz CT molecular complexity index is 1040. The van der Waals surface area contributed by atoms with Crippen LogP contribution in [-0.2, 0) is 23.7 Å². The Morgan fingerprint density at radius 3 is 1.41 bits per heavy atom. The van der Waals surface area contributed by atoms with Crippen molar-refractivity contribution in [1.29, 1.82) is 0 Å². The Labute approximate surface area is 216 Å². The van der Waals surface area contributed by atoms with Crippen molar-refractivity contribution < 1.29 is 0 Å². The van der Waals surface area contributed by atoms with E-state index in [-0.39, 0.29) is 10.8 Å². The molecule has 3 aromatic carbocycles. The monoisotopic (exact) mass is 536 g/mol. The quantitative estimate of drug-likeness (QED) is 0.200. The summed E-state index contributed by atoms with van der Waals surface area (Å²) in [5.74, 6) is 2.51. The van der Waals surface area contributed by atoms with Gasteiger partial charge in [-0.1, -0.05) is 0 Å². The molecule has 0 atom stereocenters. The molecular weight excluding hydrogens is 494 g/mol. The second-order valence-corrected chi connectivity index (χ2v) is 19.2. The van der Waals surface area contributed by atoms with Crippen LogP contribution < -0.4 is 0 Å². The molecule has 0 saturated heterocycles. The SMILES string of the molecule is CC(C)(C)c1ccc(CCP(=[Se])(/C=C\c2ccccc2)CCc2ccc(C(C)(C)C)cc2)cc1. The fourth-order valence-electron chi connectivity index (χ4n) is 4.03.